The molecule has 1 saturated heterocycles. The highest BCUT2D eigenvalue weighted by atomic mass is 16.5. The van der Waals surface area contributed by atoms with Crippen molar-refractivity contribution in [2.45, 2.75) is 56.9 Å². The smallest absolute Gasteiger partial charge is 0.242 e. The zero-order valence-electron chi connectivity index (χ0n) is 14.8. The molecular formula is C20H30N2O2. The number of rotatable bonds is 4. The van der Waals surface area contributed by atoms with Gasteiger partial charge in [-0.05, 0) is 55.7 Å². The number of likely N-dealkylation sites (tertiary alicyclic amines) is 1. The molecule has 1 saturated carbocycles. The molecule has 2 aliphatic rings. The van der Waals surface area contributed by atoms with Crippen LogP contribution in [0.4, 0.5) is 0 Å². The van der Waals surface area contributed by atoms with E-state index in [9.17, 15) is 4.79 Å². The van der Waals surface area contributed by atoms with Gasteiger partial charge in [0.1, 0.15) is 5.75 Å². The summed E-state index contributed by atoms with van der Waals surface area (Å²) < 4.78 is 5.21. The molecule has 4 heteroatoms. The van der Waals surface area contributed by atoms with Crippen LogP contribution in [0.5, 0.6) is 5.75 Å². The summed E-state index contributed by atoms with van der Waals surface area (Å²) in [7, 11) is 1.69. The van der Waals surface area contributed by atoms with Crippen LogP contribution in [0.25, 0.3) is 0 Å². The molecule has 2 N–H and O–H groups in total. The maximum absolute atomic E-state index is 12.8. The number of carbonyl (C=O) groups excluding carboxylic acids is 1. The molecule has 0 atom stereocenters. The van der Waals surface area contributed by atoms with E-state index in [1.54, 1.807) is 7.11 Å². The highest BCUT2D eigenvalue weighted by Gasteiger charge is 2.39. The summed E-state index contributed by atoms with van der Waals surface area (Å²) in [6, 6.07) is 8.34. The van der Waals surface area contributed by atoms with Gasteiger partial charge in [-0.2, -0.15) is 0 Å². The number of methoxy groups -OCH3 is 1. The SMILES string of the molecule is COc1ccc(CC2CCN(C(=O)C3(N)CCCCC3)CC2)cc1. The molecule has 1 amide bonds. The van der Waals surface area contributed by atoms with Crippen LogP contribution in [-0.2, 0) is 11.2 Å². The van der Waals surface area contributed by atoms with Crippen molar-refractivity contribution >= 4 is 5.91 Å². The van der Waals surface area contributed by atoms with Gasteiger partial charge >= 0.3 is 0 Å². The lowest BCUT2D eigenvalue weighted by molar-refractivity contribution is -0.139. The van der Waals surface area contributed by atoms with Crippen molar-refractivity contribution in [1.82, 2.24) is 4.90 Å². The Kier molecular flexibility index (Phi) is 5.44. The van der Waals surface area contributed by atoms with Crippen LogP contribution in [0.15, 0.2) is 24.3 Å². The second kappa shape index (κ2) is 7.56. The minimum atomic E-state index is -0.582. The van der Waals surface area contributed by atoms with E-state index < -0.39 is 5.54 Å². The number of benzene rings is 1. The van der Waals surface area contributed by atoms with Crippen molar-refractivity contribution in [3.63, 3.8) is 0 Å². The Morgan fingerprint density at radius 3 is 2.38 bits per heavy atom. The molecule has 4 nitrogen and oxygen atoms in total. The van der Waals surface area contributed by atoms with Crippen molar-refractivity contribution in [2.24, 2.45) is 11.7 Å². The zero-order chi connectivity index (χ0) is 17.0. The summed E-state index contributed by atoms with van der Waals surface area (Å²) in [6.45, 7) is 1.72. The molecule has 0 aromatic heterocycles. The van der Waals surface area contributed by atoms with Gasteiger partial charge in [0.25, 0.3) is 0 Å². The molecular weight excluding hydrogens is 300 g/mol. The predicted molar refractivity (Wildman–Crippen MR) is 96.0 cm³/mol. The van der Waals surface area contributed by atoms with Crippen molar-refractivity contribution < 1.29 is 9.53 Å². The Morgan fingerprint density at radius 2 is 1.79 bits per heavy atom. The second-order valence-electron chi connectivity index (χ2n) is 7.50. The third-order valence-corrected chi connectivity index (χ3v) is 5.76. The maximum Gasteiger partial charge on any atom is 0.242 e. The first-order valence-corrected chi connectivity index (χ1v) is 9.32. The molecule has 1 aliphatic carbocycles. The van der Waals surface area contributed by atoms with Crippen LogP contribution in [0.1, 0.15) is 50.5 Å². The van der Waals surface area contributed by atoms with Crippen LogP contribution in [0, 0.1) is 5.92 Å². The van der Waals surface area contributed by atoms with Crippen LogP contribution in [0.2, 0.25) is 0 Å². The van der Waals surface area contributed by atoms with E-state index >= 15 is 0 Å². The van der Waals surface area contributed by atoms with Crippen molar-refractivity contribution in [2.75, 3.05) is 20.2 Å². The molecule has 1 aliphatic heterocycles. The lowest BCUT2D eigenvalue weighted by Crippen LogP contribution is -2.57. The highest BCUT2D eigenvalue weighted by molar-refractivity contribution is 5.86. The van der Waals surface area contributed by atoms with Gasteiger partial charge < -0.3 is 15.4 Å². The lowest BCUT2D eigenvalue weighted by atomic mass is 9.80. The van der Waals surface area contributed by atoms with E-state index in [0.717, 1.165) is 63.8 Å². The highest BCUT2D eigenvalue weighted by Crippen LogP contribution is 2.30. The Morgan fingerprint density at radius 1 is 1.17 bits per heavy atom. The van der Waals surface area contributed by atoms with E-state index in [1.807, 2.05) is 17.0 Å². The van der Waals surface area contributed by atoms with Crippen LogP contribution < -0.4 is 10.5 Å². The number of amides is 1. The van der Waals surface area contributed by atoms with Crippen LogP contribution >= 0.6 is 0 Å². The van der Waals surface area contributed by atoms with Gasteiger partial charge in [-0.3, -0.25) is 4.79 Å². The molecule has 0 bridgehead atoms. The molecule has 24 heavy (non-hydrogen) atoms. The number of ether oxygens (including phenoxy) is 1. The third-order valence-electron chi connectivity index (χ3n) is 5.76. The predicted octanol–water partition coefficient (Wildman–Crippen LogP) is 3.14. The molecule has 0 unspecified atom stereocenters. The van der Waals surface area contributed by atoms with Gasteiger partial charge in [-0.25, -0.2) is 0 Å². The van der Waals surface area contributed by atoms with E-state index in [0.29, 0.717) is 5.92 Å². The van der Waals surface area contributed by atoms with Crippen molar-refractivity contribution in [1.29, 1.82) is 0 Å². The minimum absolute atomic E-state index is 0.199. The molecule has 1 heterocycles. The monoisotopic (exact) mass is 330 g/mol. The standard InChI is InChI=1S/C20H30N2O2/c1-24-18-7-5-16(6-8-18)15-17-9-13-22(14-10-17)19(23)20(21)11-3-2-4-12-20/h5-8,17H,2-4,9-15,21H2,1H3. The number of hydrogen-bond acceptors (Lipinski definition) is 3. The van der Waals surface area contributed by atoms with Crippen LogP contribution in [0.3, 0.4) is 0 Å². The van der Waals surface area contributed by atoms with Crippen molar-refractivity contribution in [3.05, 3.63) is 29.8 Å². The fourth-order valence-electron chi connectivity index (χ4n) is 4.15. The normalized spacial score (nSPS) is 21.5. The largest absolute Gasteiger partial charge is 0.497 e. The second-order valence-corrected chi connectivity index (χ2v) is 7.50. The van der Waals surface area contributed by atoms with Gasteiger partial charge in [0, 0.05) is 13.1 Å². The molecule has 2 fully saturated rings. The Labute approximate surface area is 145 Å². The number of piperidine rings is 1. The van der Waals surface area contributed by atoms with Crippen molar-refractivity contribution in [3.8, 4) is 5.75 Å². The van der Waals surface area contributed by atoms with Gasteiger partial charge in [0.2, 0.25) is 5.91 Å². The molecule has 0 radical (unpaired) electrons. The topological polar surface area (TPSA) is 55.6 Å². The van der Waals surface area contributed by atoms with Gasteiger partial charge in [-0.15, -0.1) is 0 Å². The molecule has 1 aromatic carbocycles. The quantitative estimate of drug-likeness (QED) is 0.923. The van der Waals surface area contributed by atoms with Crippen LogP contribution in [-0.4, -0.2) is 36.5 Å². The first-order chi connectivity index (χ1) is 11.6. The zero-order valence-corrected chi connectivity index (χ0v) is 14.8. The van der Waals surface area contributed by atoms with Gasteiger partial charge in [-0.1, -0.05) is 31.4 Å². The first kappa shape index (κ1) is 17.3. The summed E-state index contributed by atoms with van der Waals surface area (Å²) in [6.07, 6.45) is 8.36. The Hall–Kier alpha value is -1.55. The summed E-state index contributed by atoms with van der Waals surface area (Å²) in [5.41, 5.74) is 7.18. The van der Waals surface area contributed by atoms with E-state index in [4.69, 9.17) is 10.5 Å². The molecule has 1 aromatic rings. The Balaban J connectivity index is 1.50. The van der Waals surface area contributed by atoms with E-state index in [1.165, 1.54) is 12.0 Å². The average Bonchev–Trinajstić information content (AvgIpc) is 2.63. The third kappa shape index (κ3) is 3.92. The fraction of sp³-hybridized carbons (Fsp3) is 0.650. The molecule has 3 rings (SSSR count). The average molecular weight is 330 g/mol. The van der Waals surface area contributed by atoms with Gasteiger partial charge in [0.15, 0.2) is 0 Å². The first-order valence-electron chi connectivity index (χ1n) is 9.32. The number of hydrogen-bond donors (Lipinski definition) is 1. The summed E-state index contributed by atoms with van der Waals surface area (Å²) in [4.78, 5) is 14.8. The maximum atomic E-state index is 12.8. The number of nitrogens with two attached hydrogens (primary N) is 1. The summed E-state index contributed by atoms with van der Waals surface area (Å²) in [5, 5.41) is 0. The fourth-order valence-corrected chi connectivity index (χ4v) is 4.15. The summed E-state index contributed by atoms with van der Waals surface area (Å²) in [5.74, 6) is 1.76. The molecule has 132 valence electrons. The van der Waals surface area contributed by atoms with Gasteiger partial charge in [0.05, 0.1) is 12.6 Å². The Bertz CT molecular complexity index is 541. The number of carbonyl (C=O) groups is 1. The summed E-state index contributed by atoms with van der Waals surface area (Å²) >= 11 is 0. The minimum Gasteiger partial charge on any atom is -0.497 e. The van der Waals surface area contributed by atoms with E-state index in [2.05, 4.69) is 12.1 Å². The van der Waals surface area contributed by atoms with E-state index in [-0.39, 0.29) is 5.91 Å². The molecule has 0 spiro atoms. The lowest BCUT2D eigenvalue weighted by Gasteiger charge is -2.40. The number of nitrogens with zero attached hydrogens (tertiary/aromatic N) is 1.